The van der Waals surface area contributed by atoms with Gasteiger partial charge in [-0.2, -0.15) is 5.10 Å². The van der Waals surface area contributed by atoms with Gasteiger partial charge in [-0.05, 0) is 48.5 Å². The molecule has 17 heavy (non-hydrogen) atoms. The maximum absolute atomic E-state index is 4.27. The second kappa shape index (κ2) is 4.92. The maximum Gasteiger partial charge on any atom is 0.0851 e. The van der Waals surface area contributed by atoms with E-state index in [-0.39, 0.29) is 6.04 Å². The Morgan fingerprint density at radius 2 is 2.18 bits per heavy atom. The SMILES string of the molecule is CNC(c1cc(C)c(C)s1)c1c(Br)cnn1C. The molecule has 0 aliphatic carbocycles. The molecule has 92 valence electrons. The number of nitrogens with zero attached hydrogens (tertiary/aromatic N) is 2. The molecule has 0 spiro atoms. The van der Waals surface area contributed by atoms with E-state index in [1.165, 1.54) is 15.3 Å². The van der Waals surface area contributed by atoms with Crippen LogP contribution in [0.1, 0.15) is 27.1 Å². The smallest absolute Gasteiger partial charge is 0.0851 e. The summed E-state index contributed by atoms with van der Waals surface area (Å²) in [4.78, 5) is 2.70. The number of hydrogen-bond donors (Lipinski definition) is 1. The fourth-order valence-corrected chi connectivity index (χ4v) is 3.64. The van der Waals surface area contributed by atoms with Crippen molar-refractivity contribution in [3.05, 3.63) is 37.7 Å². The summed E-state index contributed by atoms with van der Waals surface area (Å²) in [5.41, 5.74) is 2.51. The van der Waals surface area contributed by atoms with Crippen LogP contribution in [0.15, 0.2) is 16.7 Å². The van der Waals surface area contributed by atoms with Crippen LogP contribution in [0.4, 0.5) is 0 Å². The van der Waals surface area contributed by atoms with Crippen LogP contribution in [0.5, 0.6) is 0 Å². The van der Waals surface area contributed by atoms with Crippen LogP contribution in [0, 0.1) is 13.8 Å². The summed E-state index contributed by atoms with van der Waals surface area (Å²) >= 11 is 5.40. The largest absolute Gasteiger partial charge is 0.307 e. The third kappa shape index (κ3) is 2.32. The van der Waals surface area contributed by atoms with Gasteiger partial charge in [0.25, 0.3) is 0 Å². The first-order chi connectivity index (χ1) is 8.04. The Labute approximate surface area is 114 Å². The molecule has 0 bridgehead atoms. The number of nitrogens with one attached hydrogen (secondary N) is 1. The highest BCUT2D eigenvalue weighted by molar-refractivity contribution is 9.10. The van der Waals surface area contributed by atoms with Crippen LogP contribution >= 0.6 is 27.3 Å². The Kier molecular flexibility index (Phi) is 3.70. The molecule has 0 fully saturated rings. The molecule has 1 N–H and O–H groups in total. The highest BCUT2D eigenvalue weighted by Crippen LogP contribution is 2.33. The minimum absolute atomic E-state index is 0.189. The van der Waals surface area contributed by atoms with E-state index in [1.807, 2.05) is 36.3 Å². The van der Waals surface area contributed by atoms with E-state index >= 15 is 0 Å². The Bertz CT molecular complexity index is 491. The molecular weight excluding hydrogens is 298 g/mol. The average Bonchev–Trinajstić information content (AvgIpc) is 2.77. The molecule has 3 nitrogen and oxygen atoms in total. The molecule has 2 aromatic heterocycles. The minimum Gasteiger partial charge on any atom is -0.307 e. The van der Waals surface area contributed by atoms with E-state index in [2.05, 4.69) is 46.3 Å². The van der Waals surface area contributed by atoms with Crippen LogP contribution in [-0.4, -0.2) is 16.8 Å². The second-order valence-corrected chi connectivity index (χ2v) is 6.25. The molecule has 0 amide bonds. The summed E-state index contributed by atoms with van der Waals surface area (Å²) < 4.78 is 2.96. The predicted octanol–water partition coefficient (Wildman–Crippen LogP) is 3.17. The highest BCUT2D eigenvalue weighted by atomic mass is 79.9. The van der Waals surface area contributed by atoms with Crippen molar-refractivity contribution in [2.75, 3.05) is 7.05 Å². The highest BCUT2D eigenvalue weighted by Gasteiger charge is 2.21. The lowest BCUT2D eigenvalue weighted by Crippen LogP contribution is -2.20. The maximum atomic E-state index is 4.27. The van der Waals surface area contributed by atoms with Gasteiger partial charge in [-0.1, -0.05) is 0 Å². The van der Waals surface area contributed by atoms with Crippen LogP contribution < -0.4 is 5.32 Å². The van der Waals surface area contributed by atoms with E-state index in [9.17, 15) is 0 Å². The first-order valence-corrected chi connectivity index (χ1v) is 7.07. The fraction of sp³-hybridized carbons (Fsp3) is 0.417. The molecule has 2 rings (SSSR count). The normalized spacial score (nSPS) is 13.0. The summed E-state index contributed by atoms with van der Waals surface area (Å²) in [6.07, 6.45) is 1.84. The van der Waals surface area contributed by atoms with Crippen LogP contribution in [-0.2, 0) is 7.05 Å². The molecule has 2 aromatic rings. The van der Waals surface area contributed by atoms with Crippen molar-refractivity contribution in [3.8, 4) is 0 Å². The molecule has 0 aromatic carbocycles. The zero-order valence-corrected chi connectivity index (χ0v) is 12.8. The second-order valence-electron chi connectivity index (χ2n) is 4.11. The number of aryl methyl sites for hydroxylation is 3. The van der Waals surface area contributed by atoms with E-state index in [4.69, 9.17) is 0 Å². The van der Waals surface area contributed by atoms with Gasteiger partial charge in [0.15, 0.2) is 0 Å². The topological polar surface area (TPSA) is 29.9 Å². The van der Waals surface area contributed by atoms with Gasteiger partial charge in [-0.3, -0.25) is 4.68 Å². The van der Waals surface area contributed by atoms with Crippen molar-refractivity contribution < 1.29 is 0 Å². The molecule has 0 radical (unpaired) electrons. The predicted molar refractivity (Wildman–Crippen MR) is 75.6 cm³/mol. The van der Waals surface area contributed by atoms with Gasteiger partial charge in [0.1, 0.15) is 0 Å². The molecular formula is C12H16BrN3S. The van der Waals surface area contributed by atoms with Crippen molar-refractivity contribution in [2.45, 2.75) is 19.9 Å². The summed E-state index contributed by atoms with van der Waals surface area (Å²) in [5, 5.41) is 7.64. The molecule has 2 heterocycles. The molecule has 5 heteroatoms. The van der Waals surface area contributed by atoms with E-state index in [0.717, 1.165) is 10.2 Å². The standard InChI is InChI=1S/C12H16BrN3S/c1-7-5-10(17-8(7)2)11(14-3)12-9(13)6-15-16(12)4/h5-6,11,14H,1-4H3. The number of thiophene rings is 1. The molecule has 1 atom stereocenters. The lowest BCUT2D eigenvalue weighted by Gasteiger charge is -2.15. The molecule has 0 saturated carbocycles. The van der Waals surface area contributed by atoms with Gasteiger partial charge in [-0.15, -0.1) is 11.3 Å². The first-order valence-electron chi connectivity index (χ1n) is 5.46. The Morgan fingerprint density at radius 1 is 1.47 bits per heavy atom. The number of hydrogen-bond acceptors (Lipinski definition) is 3. The number of rotatable bonds is 3. The third-order valence-electron chi connectivity index (χ3n) is 2.97. The lowest BCUT2D eigenvalue weighted by atomic mass is 10.1. The molecule has 0 aliphatic heterocycles. The summed E-state index contributed by atoms with van der Waals surface area (Å²) in [6, 6.07) is 2.44. The van der Waals surface area contributed by atoms with Gasteiger partial charge in [0.2, 0.25) is 0 Å². The molecule has 1 unspecified atom stereocenters. The average molecular weight is 314 g/mol. The summed E-state index contributed by atoms with van der Waals surface area (Å²) in [5.74, 6) is 0. The van der Waals surface area contributed by atoms with Gasteiger partial charge in [-0.25, -0.2) is 0 Å². The van der Waals surface area contributed by atoms with Gasteiger partial charge in [0, 0.05) is 16.8 Å². The molecule has 0 saturated heterocycles. The van der Waals surface area contributed by atoms with Gasteiger partial charge in [0.05, 0.1) is 22.4 Å². The van der Waals surface area contributed by atoms with E-state index < -0.39 is 0 Å². The number of halogens is 1. The van der Waals surface area contributed by atoms with Crippen LogP contribution in [0.2, 0.25) is 0 Å². The van der Waals surface area contributed by atoms with E-state index in [1.54, 1.807) is 0 Å². The molecule has 0 aliphatic rings. The van der Waals surface area contributed by atoms with Gasteiger partial charge < -0.3 is 5.32 Å². The fourth-order valence-electron chi connectivity index (χ4n) is 1.90. The summed E-state index contributed by atoms with van der Waals surface area (Å²) in [6.45, 7) is 4.31. The quantitative estimate of drug-likeness (QED) is 0.943. The van der Waals surface area contributed by atoms with Gasteiger partial charge >= 0.3 is 0 Å². The van der Waals surface area contributed by atoms with E-state index in [0.29, 0.717) is 0 Å². The minimum atomic E-state index is 0.189. The number of aromatic nitrogens is 2. The van der Waals surface area contributed by atoms with Crippen molar-refractivity contribution in [2.24, 2.45) is 7.05 Å². The van der Waals surface area contributed by atoms with Crippen molar-refractivity contribution in [1.29, 1.82) is 0 Å². The monoisotopic (exact) mass is 313 g/mol. The van der Waals surface area contributed by atoms with Crippen molar-refractivity contribution in [3.63, 3.8) is 0 Å². The summed E-state index contributed by atoms with van der Waals surface area (Å²) in [7, 11) is 3.95. The zero-order chi connectivity index (χ0) is 12.6. The first kappa shape index (κ1) is 12.8. The third-order valence-corrected chi connectivity index (χ3v) is 4.80. The van der Waals surface area contributed by atoms with Crippen LogP contribution in [0.25, 0.3) is 0 Å². The Morgan fingerprint density at radius 3 is 2.59 bits per heavy atom. The Balaban J connectivity index is 2.47. The van der Waals surface area contributed by atoms with Crippen molar-refractivity contribution in [1.82, 2.24) is 15.1 Å². The lowest BCUT2D eigenvalue weighted by molar-refractivity contribution is 0.611. The zero-order valence-electron chi connectivity index (χ0n) is 10.4. The Hall–Kier alpha value is -0.650. The van der Waals surface area contributed by atoms with Crippen molar-refractivity contribution >= 4 is 27.3 Å². The van der Waals surface area contributed by atoms with Crippen LogP contribution in [0.3, 0.4) is 0 Å².